The summed E-state index contributed by atoms with van der Waals surface area (Å²) in [6.07, 6.45) is 1.67. The average Bonchev–Trinajstić information content (AvgIpc) is 2.78. The van der Waals surface area contributed by atoms with Crippen LogP contribution in [0.25, 0.3) is 0 Å². The highest BCUT2D eigenvalue weighted by atomic mass is 32.1. The summed E-state index contributed by atoms with van der Waals surface area (Å²) in [5.41, 5.74) is -0.614. The number of rotatable bonds is 5. The maximum Gasteiger partial charge on any atom is 0.323 e. The van der Waals surface area contributed by atoms with Crippen molar-refractivity contribution in [3.05, 3.63) is 16.6 Å². The standard InChI is InChI=1S/C11H17N3O3S/c1-4-14(7-8(15)16)10(17)13-11(2,3)9-12-5-6-18-9/h5-6H,4,7H2,1-3H3,(H,13,17)(H,15,16). The molecule has 1 aromatic heterocycles. The molecule has 0 bridgehead atoms. The fourth-order valence-electron chi connectivity index (χ4n) is 1.42. The fourth-order valence-corrected chi connectivity index (χ4v) is 2.14. The van der Waals surface area contributed by atoms with Crippen LogP contribution in [-0.2, 0) is 10.3 Å². The molecule has 0 saturated carbocycles. The van der Waals surface area contributed by atoms with Crippen LogP contribution in [0.4, 0.5) is 4.79 Å². The summed E-state index contributed by atoms with van der Waals surface area (Å²) in [5, 5.41) is 14.1. The average molecular weight is 271 g/mol. The van der Waals surface area contributed by atoms with E-state index in [2.05, 4.69) is 10.3 Å². The maximum absolute atomic E-state index is 11.9. The minimum absolute atomic E-state index is 0.309. The Labute approximate surface area is 110 Å². The van der Waals surface area contributed by atoms with Crippen molar-refractivity contribution in [2.24, 2.45) is 0 Å². The molecule has 7 heteroatoms. The Kier molecular flexibility index (Phi) is 4.66. The Morgan fingerprint density at radius 1 is 1.56 bits per heavy atom. The van der Waals surface area contributed by atoms with Crippen LogP contribution in [0.3, 0.4) is 0 Å². The number of hydrogen-bond donors (Lipinski definition) is 2. The van der Waals surface area contributed by atoms with Gasteiger partial charge in [-0.1, -0.05) is 0 Å². The Morgan fingerprint density at radius 3 is 2.67 bits per heavy atom. The summed E-state index contributed by atoms with van der Waals surface area (Å²) < 4.78 is 0. The molecule has 1 heterocycles. The normalized spacial score (nSPS) is 11.1. The minimum Gasteiger partial charge on any atom is -0.480 e. The van der Waals surface area contributed by atoms with Crippen molar-refractivity contribution in [3.8, 4) is 0 Å². The van der Waals surface area contributed by atoms with E-state index in [1.54, 1.807) is 13.1 Å². The third kappa shape index (κ3) is 3.69. The molecule has 0 aliphatic rings. The summed E-state index contributed by atoms with van der Waals surface area (Å²) in [5.74, 6) is -1.03. The molecule has 6 nitrogen and oxygen atoms in total. The molecule has 0 saturated heterocycles. The molecule has 2 amide bonds. The first-order valence-corrected chi connectivity index (χ1v) is 6.43. The van der Waals surface area contributed by atoms with Crippen LogP contribution in [0.5, 0.6) is 0 Å². The number of carboxylic acids is 1. The maximum atomic E-state index is 11.9. The zero-order valence-electron chi connectivity index (χ0n) is 10.6. The second kappa shape index (κ2) is 5.81. The quantitative estimate of drug-likeness (QED) is 0.850. The molecular weight excluding hydrogens is 254 g/mol. The number of nitrogens with one attached hydrogen (secondary N) is 1. The summed E-state index contributed by atoms with van der Waals surface area (Å²) in [6, 6.07) is -0.403. The molecular formula is C11H17N3O3S. The first kappa shape index (κ1) is 14.4. The summed E-state index contributed by atoms with van der Waals surface area (Å²) in [6.45, 7) is 5.43. The van der Waals surface area contributed by atoms with Gasteiger partial charge in [-0.05, 0) is 20.8 Å². The number of carbonyl (C=O) groups is 2. The Morgan fingerprint density at radius 2 is 2.22 bits per heavy atom. The van der Waals surface area contributed by atoms with Crippen LogP contribution < -0.4 is 5.32 Å². The van der Waals surface area contributed by atoms with E-state index < -0.39 is 17.5 Å². The predicted molar refractivity (Wildman–Crippen MR) is 68.6 cm³/mol. The number of aromatic nitrogens is 1. The third-order valence-electron chi connectivity index (χ3n) is 2.38. The topological polar surface area (TPSA) is 82.5 Å². The first-order chi connectivity index (χ1) is 8.36. The van der Waals surface area contributed by atoms with Gasteiger partial charge in [-0.2, -0.15) is 0 Å². The summed E-state index contributed by atoms with van der Waals surface area (Å²) in [7, 11) is 0. The lowest BCUT2D eigenvalue weighted by molar-refractivity contribution is -0.137. The first-order valence-electron chi connectivity index (χ1n) is 5.55. The van der Waals surface area contributed by atoms with E-state index in [1.807, 2.05) is 19.2 Å². The molecule has 0 fully saturated rings. The molecule has 2 N–H and O–H groups in total. The van der Waals surface area contributed by atoms with Gasteiger partial charge in [0.25, 0.3) is 0 Å². The molecule has 1 aromatic rings. The Balaban J connectivity index is 2.71. The lowest BCUT2D eigenvalue weighted by Gasteiger charge is -2.28. The number of urea groups is 1. The number of carboxylic acid groups (broad SMARTS) is 1. The largest absolute Gasteiger partial charge is 0.480 e. The van der Waals surface area contributed by atoms with E-state index in [0.29, 0.717) is 6.54 Å². The monoisotopic (exact) mass is 271 g/mol. The van der Waals surface area contributed by atoms with Crippen LogP contribution in [0.15, 0.2) is 11.6 Å². The van der Waals surface area contributed by atoms with Crippen molar-refractivity contribution in [1.29, 1.82) is 0 Å². The van der Waals surface area contributed by atoms with Crippen molar-refractivity contribution in [2.45, 2.75) is 26.3 Å². The lowest BCUT2D eigenvalue weighted by atomic mass is 10.1. The van der Waals surface area contributed by atoms with Crippen molar-refractivity contribution in [1.82, 2.24) is 15.2 Å². The molecule has 0 aromatic carbocycles. The summed E-state index contributed by atoms with van der Waals surface area (Å²) >= 11 is 1.44. The van der Waals surface area contributed by atoms with Gasteiger partial charge in [-0.3, -0.25) is 4.79 Å². The molecule has 0 spiro atoms. The van der Waals surface area contributed by atoms with Gasteiger partial charge in [-0.25, -0.2) is 9.78 Å². The molecule has 18 heavy (non-hydrogen) atoms. The number of thiazole rings is 1. The second-order valence-electron chi connectivity index (χ2n) is 4.30. The molecule has 100 valence electrons. The van der Waals surface area contributed by atoms with E-state index in [-0.39, 0.29) is 6.54 Å². The summed E-state index contributed by atoms with van der Waals surface area (Å²) in [4.78, 5) is 28.0. The van der Waals surface area contributed by atoms with Crippen molar-refractivity contribution in [2.75, 3.05) is 13.1 Å². The van der Waals surface area contributed by atoms with E-state index >= 15 is 0 Å². The minimum atomic E-state index is -1.03. The number of likely N-dealkylation sites (N-methyl/N-ethyl adjacent to an activating group) is 1. The van der Waals surface area contributed by atoms with Gasteiger partial charge in [-0.15, -0.1) is 11.3 Å². The van der Waals surface area contributed by atoms with E-state index in [0.717, 1.165) is 5.01 Å². The Bertz CT molecular complexity index is 417. The van der Waals surface area contributed by atoms with Gasteiger partial charge < -0.3 is 15.3 Å². The van der Waals surface area contributed by atoms with Crippen LogP contribution in [0, 0.1) is 0 Å². The van der Waals surface area contributed by atoms with Gasteiger partial charge in [0, 0.05) is 18.1 Å². The van der Waals surface area contributed by atoms with Crippen LogP contribution >= 0.6 is 11.3 Å². The molecule has 0 aliphatic heterocycles. The van der Waals surface area contributed by atoms with Crippen molar-refractivity contribution < 1.29 is 14.7 Å². The van der Waals surface area contributed by atoms with Gasteiger partial charge in [0.2, 0.25) is 0 Å². The number of carbonyl (C=O) groups excluding carboxylic acids is 1. The number of amides is 2. The van der Waals surface area contributed by atoms with Gasteiger partial charge in [0.1, 0.15) is 11.6 Å². The fraction of sp³-hybridized carbons (Fsp3) is 0.545. The zero-order chi connectivity index (χ0) is 13.8. The highest BCUT2D eigenvalue weighted by molar-refractivity contribution is 7.09. The van der Waals surface area contributed by atoms with E-state index in [9.17, 15) is 9.59 Å². The molecule has 0 unspecified atom stereocenters. The van der Waals surface area contributed by atoms with E-state index in [1.165, 1.54) is 16.2 Å². The van der Waals surface area contributed by atoms with Crippen molar-refractivity contribution >= 4 is 23.3 Å². The smallest absolute Gasteiger partial charge is 0.323 e. The molecule has 0 radical (unpaired) electrons. The number of hydrogen-bond acceptors (Lipinski definition) is 4. The Hall–Kier alpha value is -1.63. The zero-order valence-corrected chi connectivity index (χ0v) is 11.5. The van der Waals surface area contributed by atoms with Crippen LogP contribution in [-0.4, -0.2) is 40.1 Å². The highest BCUT2D eigenvalue weighted by Crippen LogP contribution is 2.22. The predicted octanol–water partition coefficient (Wildman–Crippen LogP) is 1.49. The van der Waals surface area contributed by atoms with Crippen LogP contribution in [0.2, 0.25) is 0 Å². The SMILES string of the molecule is CCN(CC(=O)O)C(=O)NC(C)(C)c1nccs1. The molecule has 1 rings (SSSR count). The van der Waals surface area contributed by atoms with Crippen molar-refractivity contribution in [3.63, 3.8) is 0 Å². The van der Waals surface area contributed by atoms with Crippen LogP contribution in [0.1, 0.15) is 25.8 Å². The van der Waals surface area contributed by atoms with Gasteiger partial charge in [0.05, 0.1) is 5.54 Å². The lowest BCUT2D eigenvalue weighted by Crippen LogP contribution is -2.49. The number of aliphatic carboxylic acids is 1. The highest BCUT2D eigenvalue weighted by Gasteiger charge is 2.27. The third-order valence-corrected chi connectivity index (χ3v) is 3.48. The molecule has 0 atom stereocenters. The second-order valence-corrected chi connectivity index (χ2v) is 5.19. The van der Waals surface area contributed by atoms with Gasteiger partial charge >= 0.3 is 12.0 Å². The van der Waals surface area contributed by atoms with E-state index in [4.69, 9.17) is 5.11 Å². The number of nitrogens with zero attached hydrogens (tertiary/aromatic N) is 2. The molecule has 0 aliphatic carbocycles. The van der Waals surface area contributed by atoms with Gasteiger partial charge in [0.15, 0.2) is 0 Å².